The van der Waals surface area contributed by atoms with Gasteiger partial charge in [-0.25, -0.2) is 4.98 Å². The van der Waals surface area contributed by atoms with Gasteiger partial charge in [-0.15, -0.1) is 0 Å². The van der Waals surface area contributed by atoms with Crippen molar-refractivity contribution in [2.75, 3.05) is 5.32 Å². The molecule has 1 aromatic heterocycles. The van der Waals surface area contributed by atoms with E-state index in [2.05, 4.69) is 22.1 Å². The first-order valence-electron chi connectivity index (χ1n) is 7.87. The number of amides is 1. The van der Waals surface area contributed by atoms with Crippen molar-refractivity contribution in [1.82, 2.24) is 4.98 Å². The predicted molar refractivity (Wildman–Crippen MR) is 105 cm³/mol. The van der Waals surface area contributed by atoms with Crippen LogP contribution in [0.3, 0.4) is 0 Å². The number of anilines is 1. The number of hydrogen-bond donors (Lipinski definition) is 1. The topological polar surface area (TPSA) is 42.0 Å². The zero-order valence-electron chi connectivity index (χ0n) is 13.7. The minimum Gasteiger partial charge on any atom is -0.326 e. The van der Waals surface area contributed by atoms with E-state index in [1.807, 2.05) is 42.5 Å². The molecule has 1 amide bonds. The Morgan fingerprint density at radius 2 is 1.85 bits per heavy atom. The van der Waals surface area contributed by atoms with Gasteiger partial charge in [0.2, 0.25) is 5.91 Å². The molecule has 0 aliphatic rings. The Bertz CT molecular complexity index is 992. The number of carbonyl (C=O) groups is 1. The molecule has 0 atom stereocenters. The van der Waals surface area contributed by atoms with Crippen LogP contribution in [-0.4, -0.2) is 10.9 Å². The van der Waals surface area contributed by atoms with E-state index in [9.17, 15) is 4.79 Å². The second kappa shape index (κ2) is 8.53. The molecule has 0 saturated carbocycles. The van der Waals surface area contributed by atoms with Gasteiger partial charge in [-0.1, -0.05) is 47.3 Å². The summed E-state index contributed by atoms with van der Waals surface area (Å²) in [4.78, 5) is 16.4. The smallest absolute Gasteiger partial charge is 0.228 e. The number of benzene rings is 2. The molecule has 0 spiro atoms. The lowest BCUT2D eigenvalue weighted by molar-refractivity contribution is -0.115. The minimum atomic E-state index is -0.141. The largest absolute Gasteiger partial charge is 0.326 e. The third kappa shape index (κ3) is 5.10. The highest BCUT2D eigenvalue weighted by Gasteiger charge is 2.06. The second-order valence-corrected chi connectivity index (χ2v) is 6.33. The van der Waals surface area contributed by atoms with E-state index in [-0.39, 0.29) is 12.3 Å². The monoisotopic (exact) mass is 380 g/mol. The molecule has 0 radical (unpaired) electrons. The Balaban J connectivity index is 1.67. The summed E-state index contributed by atoms with van der Waals surface area (Å²) in [6.45, 7) is 0. The molecule has 5 heteroatoms. The standard InChI is InChI=1S/C21H14Cl2N2O/c22-19-10-8-16(13-20(19)23)14-21(26)25-18-6-3-4-15(12-18)7-9-17-5-1-2-11-24-17/h1-6,8,10-13H,14H2,(H,25,26). The molecule has 3 aromatic rings. The van der Waals surface area contributed by atoms with Crippen LogP contribution in [0.1, 0.15) is 16.8 Å². The molecule has 0 aliphatic heterocycles. The van der Waals surface area contributed by atoms with Gasteiger partial charge in [-0.3, -0.25) is 4.79 Å². The maximum Gasteiger partial charge on any atom is 0.228 e. The van der Waals surface area contributed by atoms with E-state index in [4.69, 9.17) is 23.2 Å². The van der Waals surface area contributed by atoms with Gasteiger partial charge < -0.3 is 5.32 Å². The number of halogens is 2. The number of nitrogens with one attached hydrogen (secondary N) is 1. The predicted octanol–water partition coefficient (Wildman–Crippen LogP) is 4.97. The van der Waals surface area contributed by atoms with Gasteiger partial charge in [-0.2, -0.15) is 0 Å². The number of rotatable bonds is 3. The summed E-state index contributed by atoms with van der Waals surface area (Å²) in [7, 11) is 0. The van der Waals surface area contributed by atoms with E-state index in [1.165, 1.54) is 0 Å². The van der Waals surface area contributed by atoms with Crippen molar-refractivity contribution in [2.24, 2.45) is 0 Å². The Kier molecular flexibility index (Phi) is 5.91. The molecule has 26 heavy (non-hydrogen) atoms. The van der Waals surface area contributed by atoms with Crippen LogP contribution in [-0.2, 0) is 11.2 Å². The number of nitrogens with zero attached hydrogens (tertiary/aromatic N) is 1. The van der Waals surface area contributed by atoms with Crippen molar-refractivity contribution in [3.63, 3.8) is 0 Å². The molecule has 128 valence electrons. The van der Waals surface area contributed by atoms with Crippen LogP contribution in [0.4, 0.5) is 5.69 Å². The van der Waals surface area contributed by atoms with Crippen LogP contribution in [0.15, 0.2) is 66.9 Å². The number of carbonyl (C=O) groups excluding carboxylic acids is 1. The first-order chi connectivity index (χ1) is 12.6. The Hall–Kier alpha value is -2.80. The molecular weight excluding hydrogens is 367 g/mol. The summed E-state index contributed by atoms with van der Waals surface area (Å²) in [5, 5.41) is 3.77. The van der Waals surface area contributed by atoms with Crippen molar-refractivity contribution in [1.29, 1.82) is 0 Å². The second-order valence-electron chi connectivity index (χ2n) is 5.52. The van der Waals surface area contributed by atoms with Crippen molar-refractivity contribution in [3.8, 4) is 11.8 Å². The van der Waals surface area contributed by atoms with E-state index >= 15 is 0 Å². The normalized spacial score (nSPS) is 9.92. The number of hydrogen-bond acceptors (Lipinski definition) is 2. The molecule has 0 saturated heterocycles. The summed E-state index contributed by atoms with van der Waals surface area (Å²) in [5.41, 5.74) is 2.97. The van der Waals surface area contributed by atoms with Crippen molar-refractivity contribution >= 4 is 34.8 Å². The Labute approximate surface area is 162 Å². The summed E-state index contributed by atoms with van der Waals surface area (Å²) in [6.07, 6.45) is 1.91. The van der Waals surface area contributed by atoms with Gasteiger partial charge in [0.25, 0.3) is 0 Å². The van der Waals surface area contributed by atoms with E-state index in [1.54, 1.807) is 24.4 Å². The molecule has 2 aromatic carbocycles. The summed E-state index contributed by atoms with van der Waals surface area (Å²) < 4.78 is 0. The van der Waals surface area contributed by atoms with Crippen molar-refractivity contribution in [2.45, 2.75) is 6.42 Å². The zero-order valence-corrected chi connectivity index (χ0v) is 15.2. The van der Waals surface area contributed by atoms with Crippen molar-refractivity contribution < 1.29 is 4.79 Å². The van der Waals surface area contributed by atoms with E-state index in [0.717, 1.165) is 11.1 Å². The lowest BCUT2D eigenvalue weighted by atomic mass is 10.1. The van der Waals surface area contributed by atoms with Crippen LogP contribution in [0.5, 0.6) is 0 Å². The van der Waals surface area contributed by atoms with Gasteiger partial charge in [0.15, 0.2) is 0 Å². The highest BCUT2D eigenvalue weighted by atomic mass is 35.5. The molecule has 3 rings (SSSR count). The molecule has 0 fully saturated rings. The fourth-order valence-electron chi connectivity index (χ4n) is 2.29. The van der Waals surface area contributed by atoms with Gasteiger partial charge in [-0.05, 0) is 53.9 Å². The van der Waals surface area contributed by atoms with Crippen LogP contribution in [0, 0.1) is 11.8 Å². The maximum atomic E-state index is 12.2. The van der Waals surface area contributed by atoms with Gasteiger partial charge in [0.05, 0.1) is 16.5 Å². The lowest BCUT2D eigenvalue weighted by Gasteiger charge is -2.06. The maximum absolute atomic E-state index is 12.2. The molecular formula is C21H14Cl2N2O. The fourth-order valence-corrected chi connectivity index (χ4v) is 2.61. The molecule has 3 nitrogen and oxygen atoms in total. The molecule has 0 unspecified atom stereocenters. The zero-order chi connectivity index (χ0) is 18.4. The summed E-state index contributed by atoms with van der Waals surface area (Å²) in [5.74, 6) is 5.89. The number of aromatic nitrogens is 1. The fraction of sp³-hybridized carbons (Fsp3) is 0.0476. The summed E-state index contributed by atoms with van der Waals surface area (Å²) in [6, 6.07) is 18.1. The summed E-state index contributed by atoms with van der Waals surface area (Å²) >= 11 is 11.9. The quantitative estimate of drug-likeness (QED) is 0.651. The van der Waals surface area contributed by atoms with E-state index in [0.29, 0.717) is 21.4 Å². The van der Waals surface area contributed by atoms with Crippen LogP contribution < -0.4 is 5.32 Å². The third-order valence-corrected chi connectivity index (χ3v) is 4.23. The highest BCUT2D eigenvalue weighted by Crippen LogP contribution is 2.23. The van der Waals surface area contributed by atoms with Gasteiger partial charge in [0.1, 0.15) is 5.69 Å². The SMILES string of the molecule is O=C(Cc1ccc(Cl)c(Cl)c1)Nc1cccc(C#Cc2ccccn2)c1. The molecule has 1 N–H and O–H groups in total. The van der Waals surface area contributed by atoms with Crippen LogP contribution in [0.2, 0.25) is 10.0 Å². The third-order valence-electron chi connectivity index (χ3n) is 3.49. The Morgan fingerprint density at radius 1 is 0.962 bits per heavy atom. The van der Waals surface area contributed by atoms with Crippen LogP contribution >= 0.6 is 23.2 Å². The minimum absolute atomic E-state index is 0.141. The van der Waals surface area contributed by atoms with Gasteiger partial charge in [0, 0.05) is 17.4 Å². The first kappa shape index (κ1) is 18.0. The first-order valence-corrected chi connectivity index (χ1v) is 8.63. The Morgan fingerprint density at radius 3 is 2.62 bits per heavy atom. The number of pyridine rings is 1. The average Bonchev–Trinajstić information content (AvgIpc) is 2.64. The van der Waals surface area contributed by atoms with E-state index < -0.39 is 0 Å². The van der Waals surface area contributed by atoms with Crippen molar-refractivity contribution in [3.05, 3.63) is 93.7 Å². The lowest BCUT2D eigenvalue weighted by Crippen LogP contribution is -2.14. The molecule has 0 aliphatic carbocycles. The molecule has 0 bridgehead atoms. The highest BCUT2D eigenvalue weighted by molar-refractivity contribution is 6.42. The molecule has 1 heterocycles. The van der Waals surface area contributed by atoms with Crippen LogP contribution in [0.25, 0.3) is 0 Å². The van der Waals surface area contributed by atoms with Gasteiger partial charge >= 0.3 is 0 Å². The average molecular weight is 381 g/mol.